The molecule has 3 rings (SSSR count). The number of hydrogen-bond acceptors (Lipinski definition) is 5. The molecule has 3 aromatic rings. The topological polar surface area (TPSA) is 110 Å². The summed E-state index contributed by atoms with van der Waals surface area (Å²) in [5.41, 5.74) is 0.145. The average Bonchev–Trinajstić information content (AvgIpc) is 3.09. The van der Waals surface area contributed by atoms with Gasteiger partial charge in [0.2, 0.25) is 5.91 Å². The van der Waals surface area contributed by atoms with Crippen LogP contribution in [0, 0.1) is 0 Å². The molecule has 1 unspecified atom stereocenters. The van der Waals surface area contributed by atoms with Gasteiger partial charge in [0.05, 0.1) is 6.04 Å². The van der Waals surface area contributed by atoms with Crippen molar-refractivity contribution < 1.29 is 4.79 Å². The van der Waals surface area contributed by atoms with Crippen LogP contribution in [0.5, 0.6) is 0 Å². The highest BCUT2D eigenvalue weighted by molar-refractivity contribution is 5.76. The number of pyridine rings is 1. The molecule has 21 heavy (non-hydrogen) atoms. The second-order valence-corrected chi connectivity index (χ2v) is 4.53. The lowest BCUT2D eigenvalue weighted by Crippen LogP contribution is -2.34. The Morgan fingerprint density at radius 2 is 2.33 bits per heavy atom. The number of carbonyl (C=O) groups excluding carboxylic acids is 1. The number of hydrogen-bond donors (Lipinski definition) is 2. The van der Waals surface area contributed by atoms with Crippen molar-refractivity contribution in [3.63, 3.8) is 0 Å². The fraction of sp³-hybridized carbons (Fsp3) is 0.250. The van der Waals surface area contributed by atoms with Crippen molar-refractivity contribution in [3.05, 3.63) is 47.0 Å². The van der Waals surface area contributed by atoms with E-state index in [0.29, 0.717) is 11.5 Å². The standard InChI is InChI=1S/C12H13N7O2/c1-8(11-13-7-14-16-11)15-10(20)6-19-12(21)18-5-3-2-4-9(18)17-19/h2-5,7-8H,6H2,1H3,(H,15,20)(H,13,14,16). The minimum atomic E-state index is -0.354. The Balaban J connectivity index is 1.74. The SMILES string of the molecule is CC(NC(=O)Cn1nc2ccccn2c1=O)c1ncn[nH]1. The van der Waals surface area contributed by atoms with Gasteiger partial charge in [-0.05, 0) is 19.1 Å². The number of aromatic amines is 1. The Morgan fingerprint density at radius 3 is 3.05 bits per heavy atom. The van der Waals surface area contributed by atoms with Gasteiger partial charge in [0.1, 0.15) is 18.7 Å². The number of fused-ring (bicyclic) bond motifs is 1. The molecule has 0 radical (unpaired) electrons. The van der Waals surface area contributed by atoms with E-state index in [1.54, 1.807) is 31.3 Å². The van der Waals surface area contributed by atoms with Crippen LogP contribution in [0.4, 0.5) is 0 Å². The number of H-pyrrole nitrogens is 1. The molecule has 2 N–H and O–H groups in total. The van der Waals surface area contributed by atoms with Gasteiger partial charge in [0, 0.05) is 6.20 Å². The molecule has 3 heterocycles. The second kappa shape index (κ2) is 5.19. The first kappa shape index (κ1) is 13.0. The third-order valence-electron chi connectivity index (χ3n) is 3.00. The normalized spacial score (nSPS) is 12.4. The van der Waals surface area contributed by atoms with E-state index in [9.17, 15) is 9.59 Å². The van der Waals surface area contributed by atoms with E-state index >= 15 is 0 Å². The molecule has 0 aromatic carbocycles. The van der Waals surface area contributed by atoms with Crippen molar-refractivity contribution in [3.8, 4) is 0 Å². The minimum Gasteiger partial charge on any atom is -0.345 e. The largest absolute Gasteiger partial charge is 0.350 e. The minimum absolute atomic E-state index is 0.154. The number of nitrogens with one attached hydrogen (secondary N) is 2. The molecule has 0 fully saturated rings. The smallest absolute Gasteiger partial charge is 0.345 e. The molecule has 0 saturated carbocycles. The van der Waals surface area contributed by atoms with Crippen LogP contribution in [0.3, 0.4) is 0 Å². The lowest BCUT2D eigenvalue weighted by Gasteiger charge is -2.10. The van der Waals surface area contributed by atoms with Crippen LogP contribution in [0.2, 0.25) is 0 Å². The zero-order valence-electron chi connectivity index (χ0n) is 11.2. The van der Waals surface area contributed by atoms with Gasteiger partial charge in [-0.3, -0.25) is 14.3 Å². The molecular weight excluding hydrogens is 274 g/mol. The fourth-order valence-electron chi connectivity index (χ4n) is 1.99. The van der Waals surface area contributed by atoms with Crippen LogP contribution in [0.15, 0.2) is 35.5 Å². The third kappa shape index (κ3) is 2.53. The summed E-state index contributed by atoms with van der Waals surface area (Å²) in [6.07, 6.45) is 2.97. The zero-order valence-corrected chi connectivity index (χ0v) is 11.2. The highest BCUT2D eigenvalue weighted by Gasteiger charge is 2.14. The Morgan fingerprint density at radius 1 is 1.48 bits per heavy atom. The quantitative estimate of drug-likeness (QED) is 0.671. The number of amides is 1. The predicted octanol–water partition coefficient (Wildman–Crippen LogP) is -0.508. The van der Waals surface area contributed by atoms with E-state index in [1.165, 1.54) is 10.7 Å². The van der Waals surface area contributed by atoms with Crippen LogP contribution >= 0.6 is 0 Å². The van der Waals surface area contributed by atoms with Crippen molar-refractivity contribution >= 4 is 11.6 Å². The Kier molecular flexibility index (Phi) is 3.22. The van der Waals surface area contributed by atoms with E-state index in [-0.39, 0.29) is 24.2 Å². The number of nitrogens with zero attached hydrogens (tertiary/aromatic N) is 5. The lowest BCUT2D eigenvalue weighted by molar-refractivity contribution is -0.122. The molecule has 0 bridgehead atoms. The van der Waals surface area contributed by atoms with Crippen molar-refractivity contribution in [2.24, 2.45) is 0 Å². The molecular formula is C12H13N7O2. The zero-order chi connectivity index (χ0) is 14.8. The summed E-state index contributed by atoms with van der Waals surface area (Å²) in [6.45, 7) is 1.61. The summed E-state index contributed by atoms with van der Waals surface area (Å²) in [5.74, 6) is 0.218. The monoisotopic (exact) mass is 287 g/mol. The van der Waals surface area contributed by atoms with Crippen molar-refractivity contribution in [2.45, 2.75) is 19.5 Å². The van der Waals surface area contributed by atoms with E-state index < -0.39 is 0 Å². The molecule has 1 amide bonds. The molecule has 9 heteroatoms. The molecule has 3 aromatic heterocycles. The first-order valence-corrected chi connectivity index (χ1v) is 6.34. The maximum Gasteiger partial charge on any atom is 0.350 e. The van der Waals surface area contributed by atoms with Crippen molar-refractivity contribution in [2.75, 3.05) is 0 Å². The van der Waals surface area contributed by atoms with Gasteiger partial charge in [-0.1, -0.05) is 6.07 Å². The van der Waals surface area contributed by atoms with Gasteiger partial charge >= 0.3 is 5.69 Å². The van der Waals surface area contributed by atoms with Gasteiger partial charge in [0.25, 0.3) is 0 Å². The molecule has 0 aliphatic carbocycles. The predicted molar refractivity (Wildman–Crippen MR) is 72.4 cm³/mol. The van der Waals surface area contributed by atoms with Crippen LogP contribution in [0.1, 0.15) is 18.8 Å². The van der Waals surface area contributed by atoms with Gasteiger partial charge in [0.15, 0.2) is 5.65 Å². The lowest BCUT2D eigenvalue weighted by atomic mass is 10.3. The summed E-state index contributed by atoms with van der Waals surface area (Å²) in [6, 6.07) is 4.88. The molecule has 1 atom stereocenters. The highest BCUT2D eigenvalue weighted by Crippen LogP contribution is 2.03. The van der Waals surface area contributed by atoms with Gasteiger partial charge < -0.3 is 5.32 Å². The van der Waals surface area contributed by atoms with Crippen LogP contribution in [-0.2, 0) is 11.3 Å². The maximum atomic E-state index is 12.0. The highest BCUT2D eigenvalue weighted by atomic mass is 16.2. The number of carbonyl (C=O) groups is 1. The Bertz CT molecular complexity index is 818. The number of aromatic nitrogens is 6. The first-order chi connectivity index (χ1) is 10.1. The fourth-order valence-corrected chi connectivity index (χ4v) is 1.99. The molecule has 0 aliphatic rings. The molecule has 108 valence electrons. The number of rotatable bonds is 4. The van der Waals surface area contributed by atoms with E-state index in [4.69, 9.17) is 0 Å². The van der Waals surface area contributed by atoms with E-state index in [1.807, 2.05) is 0 Å². The second-order valence-electron chi connectivity index (χ2n) is 4.53. The van der Waals surface area contributed by atoms with Crippen LogP contribution < -0.4 is 11.0 Å². The molecule has 9 nitrogen and oxygen atoms in total. The summed E-state index contributed by atoms with van der Waals surface area (Å²) in [5, 5.41) is 13.2. The molecule has 0 saturated heterocycles. The maximum absolute atomic E-state index is 12.0. The summed E-state index contributed by atoms with van der Waals surface area (Å²) in [4.78, 5) is 28.0. The Hall–Kier alpha value is -2.97. The van der Waals surface area contributed by atoms with Crippen molar-refractivity contribution in [1.29, 1.82) is 0 Å². The Labute approximate surface area is 118 Å². The van der Waals surface area contributed by atoms with Gasteiger partial charge in [-0.25, -0.2) is 14.5 Å². The summed E-state index contributed by atoms with van der Waals surface area (Å²) >= 11 is 0. The third-order valence-corrected chi connectivity index (χ3v) is 3.00. The van der Waals surface area contributed by atoms with E-state index in [0.717, 1.165) is 4.68 Å². The summed E-state index contributed by atoms with van der Waals surface area (Å²) in [7, 11) is 0. The van der Waals surface area contributed by atoms with Crippen molar-refractivity contribution in [1.82, 2.24) is 34.7 Å². The summed E-state index contributed by atoms with van der Waals surface area (Å²) < 4.78 is 2.50. The van der Waals surface area contributed by atoms with Crippen LogP contribution in [0.25, 0.3) is 5.65 Å². The molecule has 0 spiro atoms. The van der Waals surface area contributed by atoms with Gasteiger partial charge in [-0.15, -0.1) is 5.10 Å². The average molecular weight is 287 g/mol. The van der Waals surface area contributed by atoms with E-state index in [2.05, 4.69) is 25.6 Å². The first-order valence-electron chi connectivity index (χ1n) is 6.34. The van der Waals surface area contributed by atoms with Gasteiger partial charge in [-0.2, -0.15) is 5.10 Å². The van der Waals surface area contributed by atoms with Crippen LogP contribution in [-0.4, -0.2) is 35.3 Å². The molecule has 0 aliphatic heterocycles.